The molecular formula is C23H28N4OS. The van der Waals surface area contributed by atoms with Gasteiger partial charge in [-0.15, -0.1) is 11.3 Å². The zero-order valence-electron chi connectivity index (χ0n) is 17.3. The second-order valence-electron chi connectivity index (χ2n) is 8.06. The molecule has 3 aromatic rings. The monoisotopic (exact) mass is 408 g/mol. The lowest BCUT2D eigenvalue weighted by atomic mass is 9.97. The van der Waals surface area contributed by atoms with Gasteiger partial charge in [0.05, 0.1) is 28.5 Å². The van der Waals surface area contributed by atoms with Crippen LogP contribution in [0.3, 0.4) is 0 Å². The molecule has 152 valence electrons. The van der Waals surface area contributed by atoms with Crippen molar-refractivity contribution >= 4 is 28.3 Å². The van der Waals surface area contributed by atoms with E-state index in [1.54, 1.807) is 11.3 Å². The molecule has 0 bridgehead atoms. The van der Waals surface area contributed by atoms with Gasteiger partial charge in [-0.3, -0.25) is 9.69 Å². The first-order valence-electron chi connectivity index (χ1n) is 10.3. The number of thiophene rings is 1. The number of aryl methyl sites for hydroxylation is 2. The highest BCUT2D eigenvalue weighted by Crippen LogP contribution is 2.29. The van der Waals surface area contributed by atoms with E-state index in [0.29, 0.717) is 12.1 Å². The molecule has 4 rings (SSSR count). The molecule has 0 radical (unpaired) electrons. The summed E-state index contributed by atoms with van der Waals surface area (Å²) in [6.07, 6.45) is 2.44. The summed E-state index contributed by atoms with van der Waals surface area (Å²) in [4.78, 5) is 25.8. The van der Waals surface area contributed by atoms with Crippen molar-refractivity contribution in [1.82, 2.24) is 20.2 Å². The number of aromatic nitrogens is 2. The van der Waals surface area contributed by atoms with Gasteiger partial charge in [0, 0.05) is 17.0 Å². The molecular weight excluding hydrogens is 380 g/mol. The lowest BCUT2D eigenvalue weighted by Crippen LogP contribution is -2.41. The summed E-state index contributed by atoms with van der Waals surface area (Å²) in [5.74, 6) is 0.731. The van der Waals surface area contributed by atoms with Crippen LogP contribution in [0.25, 0.3) is 11.0 Å². The Bertz CT molecular complexity index is 994. The fraction of sp³-hybridized carbons (Fsp3) is 0.435. The van der Waals surface area contributed by atoms with Crippen LogP contribution in [0.2, 0.25) is 0 Å². The zero-order chi connectivity index (χ0) is 20.4. The standard InChI is InChI=1S/C23H28N4OS/c1-15-8-10-27(11-9-15)21(22-5-4-12-29-22)14-24-23(28)18-6-7-19-20(13-18)26-17(3)16(2)25-19/h4-7,12-13,15,21H,8-11,14H2,1-3H3,(H,24,28)/t21-/m0/s1. The van der Waals surface area contributed by atoms with Gasteiger partial charge in [-0.2, -0.15) is 0 Å². The topological polar surface area (TPSA) is 58.1 Å². The normalized spacial score (nSPS) is 16.8. The number of nitrogens with zero attached hydrogens (tertiary/aromatic N) is 3. The van der Waals surface area contributed by atoms with Crippen molar-refractivity contribution in [3.8, 4) is 0 Å². The van der Waals surface area contributed by atoms with Crippen LogP contribution in [0.4, 0.5) is 0 Å². The van der Waals surface area contributed by atoms with Gasteiger partial charge in [0.1, 0.15) is 0 Å². The summed E-state index contributed by atoms with van der Waals surface area (Å²) in [5.41, 5.74) is 4.04. The summed E-state index contributed by atoms with van der Waals surface area (Å²) >= 11 is 1.77. The number of carbonyl (C=O) groups excluding carboxylic acids is 1. The van der Waals surface area contributed by atoms with Crippen LogP contribution in [0.1, 0.15) is 52.4 Å². The third-order valence-corrected chi connectivity index (χ3v) is 6.90. The van der Waals surface area contributed by atoms with Gasteiger partial charge >= 0.3 is 0 Å². The number of piperidine rings is 1. The zero-order valence-corrected chi connectivity index (χ0v) is 18.1. The molecule has 3 heterocycles. The Labute approximate surface area is 176 Å². The van der Waals surface area contributed by atoms with Crippen molar-refractivity contribution in [2.75, 3.05) is 19.6 Å². The molecule has 0 unspecified atom stereocenters. The third-order valence-electron chi connectivity index (χ3n) is 5.92. The number of hydrogen-bond donors (Lipinski definition) is 1. The molecule has 1 aliphatic heterocycles. The Morgan fingerprint density at radius 3 is 2.59 bits per heavy atom. The molecule has 0 saturated carbocycles. The SMILES string of the molecule is Cc1nc2ccc(C(=O)NC[C@@H](c3cccs3)N3CCC(C)CC3)cc2nc1C. The average Bonchev–Trinajstić information content (AvgIpc) is 3.24. The summed E-state index contributed by atoms with van der Waals surface area (Å²) in [5, 5.41) is 5.28. The van der Waals surface area contributed by atoms with Crippen molar-refractivity contribution in [1.29, 1.82) is 0 Å². The Balaban J connectivity index is 1.49. The maximum atomic E-state index is 12.9. The van der Waals surface area contributed by atoms with Crippen LogP contribution in [0.15, 0.2) is 35.7 Å². The lowest BCUT2D eigenvalue weighted by molar-refractivity contribution is 0.0915. The number of hydrogen-bond acceptors (Lipinski definition) is 5. The predicted octanol–water partition coefficient (Wildman–Crippen LogP) is 4.51. The van der Waals surface area contributed by atoms with Gasteiger partial charge in [0.25, 0.3) is 5.91 Å². The molecule has 5 nitrogen and oxygen atoms in total. The van der Waals surface area contributed by atoms with Crippen LogP contribution in [-0.2, 0) is 0 Å². The minimum atomic E-state index is -0.0566. The van der Waals surface area contributed by atoms with Crippen LogP contribution in [-0.4, -0.2) is 40.4 Å². The minimum absolute atomic E-state index is 0.0566. The van der Waals surface area contributed by atoms with Crippen LogP contribution in [0.5, 0.6) is 0 Å². The summed E-state index contributed by atoms with van der Waals surface area (Å²) in [7, 11) is 0. The molecule has 2 aromatic heterocycles. The van der Waals surface area contributed by atoms with E-state index < -0.39 is 0 Å². The Kier molecular flexibility index (Phi) is 5.92. The second-order valence-corrected chi connectivity index (χ2v) is 9.04. The van der Waals surface area contributed by atoms with E-state index in [2.05, 4.69) is 44.6 Å². The molecule has 1 saturated heterocycles. The molecule has 1 amide bonds. The van der Waals surface area contributed by atoms with Crippen molar-refractivity contribution in [2.24, 2.45) is 5.92 Å². The lowest BCUT2D eigenvalue weighted by Gasteiger charge is -2.36. The molecule has 29 heavy (non-hydrogen) atoms. The van der Waals surface area contributed by atoms with Crippen molar-refractivity contribution in [3.05, 3.63) is 57.5 Å². The van der Waals surface area contributed by atoms with E-state index in [-0.39, 0.29) is 11.9 Å². The number of fused-ring (bicyclic) bond motifs is 1. The van der Waals surface area contributed by atoms with Gasteiger partial charge < -0.3 is 5.32 Å². The number of amides is 1. The van der Waals surface area contributed by atoms with Gasteiger partial charge in [0.2, 0.25) is 0 Å². The summed E-state index contributed by atoms with van der Waals surface area (Å²) in [6, 6.07) is 10.1. The van der Waals surface area contributed by atoms with E-state index >= 15 is 0 Å². The summed E-state index contributed by atoms with van der Waals surface area (Å²) < 4.78 is 0. The van der Waals surface area contributed by atoms with E-state index in [4.69, 9.17) is 0 Å². The molecule has 1 aromatic carbocycles. The molecule has 0 aliphatic carbocycles. The smallest absolute Gasteiger partial charge is 0.251 e. The van der Waals surface area contributed by atoms with Crippen LogP contribution < -0.4 is 5.32 Å². The molecule has 1 atom stereocenters. The maximum absolute atomic E-state index is 12.9. The first-order valence-corrected chi connectivity index (χ1v) is 11.2. The van der Waals surface area contributed by atoms with E-state index in [9.17, 15) is 4.79 Å². The average molecular weight is 409 g/mol. The van der Waals surface area contributed by atoms with Gasteiger partial charge in [0.15, 0.2) is 0 Å². The first kappa shape index (κ1) is 20.0. The minimum Gasteiger partial charge on any atom is -0.350 e. The summed E-state index contributed by atoms with van der Waals surface area (Å²) in [6.45, 7) is 9.01. The number of carbonyl (C=O) groups is 1. The quantitative estimate of drug-likeness (QED) is 0.675. The number of nitrogens with one attached hydrogen (secondary N) is 1. The van der Waals surface area contributed by atoms with Crippen molar-refractivity contribution in [2.45, 2.75) is 39.7 Å². The predicted molar refractivity (Wildman–Crippen MR) is 118 cm³/mol. The van der Waals surface area contributed by atoms with Crippen LogP contribution >= 0.6 is 11.3 Å². The molecule has 1 fully saturated rings. The first-order chi connectivity index (χ1) is 14.0. The van der Waals surface area contributed by atoms with E-state index in [1.165, 1.54) is 17.7 Å². The van der Waals surface area contributed by atoms with E-state index in [1.807, 2.05) is 32.0 Å². The second kappa shape index (κ2) is 8.59. The fourth-order valence-electron chi connectivity index (χ4n) is 3.89. The Hall–Kier alpha value is -2.31. The van der Waals surface area contributed by atoms with Crippen LogP contribution in [0, 0.1) is 19.8 Å². The largest absolute Gasteiger partial charge is 0.350 e. The van der Waals surface area contributed by atoms with E-state index in [0.717, 1.165) is 41.4 Å². The molecule has 0 spiro atoms. The van der Waals surface area contributed by atoms with Gasteiger partial charge in [-0.05, 0) is 75.3 Å². The third kappa shape index (κ3) is 4.49. The number of likely N-dealkylation sites (tertiary alicyclic amines) is 1. The highest BCUT2D eigenvalue weighted by atomic mass is 32.1. The fourth-order valence-corrected chi connectivity index (χ4v) is 4.75. The van der Waals surface area contributed by atoms with Crippen molar-refractivity contribution < 1.29 is 4.79 Å². The molecule has 1 N–H and O–H groups in total. The number of rotatable bonds is 5. The van der Waals surface area contributed by atoms with Crippen molar-refractivity contribution in [3.63, 3.8) is 0 Å². The highest BCUT2D eigenvalue weighted by Gasteiger charge is 2.26. The Morgan fingerprint density at radius 1 is 1.17 bits per heavy atom. The van der Waals surface area contributed by atoms with Gasteiger partial charge in [-0.1, -0.05) is 13.0 Å². The highest BCUT2D eigenvalue weighted by molar-refractivity contribution is 7.10. The molecule has 1 aliphatic rings. The van der Waals surface area contributed by atoms with Gasteiger partial charge in [-0.25, -0.2) is 9.97 Å². The molecule has 6 heteroatoms. The number of benzene rings is 1. The maximum Gasteiger partial charge on any atom is 0.251 e. The Morgan fingerprint density at radius 2 is 1.90 bits per heavy atom.